The minimum absolute atomic E-state index is 0.0594. The van der Waals surface area contributed by atoms with Gasteiger partial charge in [0.1, 0.15) is 0 Å². The number of rotatable bonds is 2. The van der Waals surface area contributed by atoms with E-state index in [2.05, 4.69) is 37.7 Å². The third-order valence-electron chi connectivity index (χ3n) is 2.34. The number of amidine groups is 1. The molecular weight excluding hydrogens is 186 g/mol. The maximum absolute atomic E-state index is 5.88. The molecule has 0 aliphatic heterocycles. The molecule has 0 saturated heterocycles. The van der Waals surface area contributed by atoms with Crippen LogP contribution in [0.3, 0.4) is 0 Å². The third-order valence-corrected chi connectivity index (χ3v) is 2.34. The smallest absolute Gasteiger partial charge is 0.0995 e. The predicted molar refractivity (Wildman–Crippen MR) is 63.8 cm³/mol. The van der Waals surface area contributed by atoms with E-state index >= 15 is 0 Å². The Balaban J connectivity index is 2.77. The summed E-state index contributed by atoms with van der Waals surface area (Å²) in [5, 5.41) is 0. The second-order valence-electron chi connectivity index (χ2n) is 4.75. The molecule has 0 unspecified atom stereocenters. The number of hydrogen-bond acceptors (Lipinski definition) is 2. The van der Waals surface area contributed by atoms with Crippen LogP contribution in [-0.2, 0) is 6.54 Å². The minimum Gasteiger partial charge on any atom is -0.387 e. The second kappa shape index (κ2) is 4.43. The van der Waals surface area contributed by atoms with E-state index in [1.54, 1.807) is 6.20 Å². The van der Waals surface area contributed by atoms with Crippen molar-refractivity contribution in [2.24, 2.45) is 16.1 Å². The standard InChI is InChI=1S/C12H19N3/c1-9-5-6-14-7-10(9)8-15-11(13)12(2,3)4/h5-7H,8H2,1-4H3,(H2,13,15). The van der Waals surface area contributed by atoms with Crippen molar-refractivity contribution in [3.05, 3.63) is 29.6 Å². The lowest BCUT2D eigenvalue weighted by atomic mass is 9.95. The highest BCUT2D eigenvalue weighted by Gasteiger charge is 2.14. The lowest BCUT2D eigenvalue weighted by Crippen LogP contribution is -2.29. The largest absolute Gasteiger partial charge is 0.387 e. The van der Waals surface area contributed by atoms with Crippen molar-refractivity contribution in [2.45, 2.75) is 34.2 Å². The first-order valence-corrected chi connectivity index (χ1v) is 5.11. The molecule has 0 atom stereocenters. The van der Waals surface area contributed by atoms with Gasteiger partial charge in [-0.2, -0.15) is 0 Å². The molecule has 0 saturated carbocycles. The molecule has 15 heavy (non-hydrogen) atoms. The van der Waals surface area contributed by atoms with Gasteiger partial charge in [-0.15, -0.1) is 0 Å². The second-order valence-corrected chi connectivity index (χ2v) is 4.75. The molecule has 1 heterocycles. The van der Waals surface area contributed by atoms with Crippen molar-refractivity contribution in [1.29, 1.82) is 0 Å². The van der Waals surface area contributed by atoms with Crippen molar-refractivity contribution in [3.8, 4) is 0 Å². The quantitative estimate of drug-likeness (QED) is 0.595. The Hall–Kier alpha value is -1.38. The van der Waals surface area contributed by atoms with E-state index in [4.69, 9.17) is 5.73 Å². The highest BCUT2D eigenvalue weighted by Crippen LogP contribution is 2.14. The lowest BCUT2D eigenvalue weighted by molar-refractivity contribution is 0.581. The molecule has 0 fully saturated rings. The molecular formula is C12H19N3. The molecule has 1 aromatic heterocycles. The van der Waals surface area contributed by atoms with Crippen LogP contribution in [0.5, 0.6) is 0 Å². The van der Waals surface area contributed by atoms with Crippen LogP contribution in [0.25, 0.3) is 0 Å². The van der Waals surface area contributed by atoms with Gasteiger partial charge >= 0.3 is 0 Å². The first-order chi connectivity index (χ1) is 6.91. The molecule has 0 spiro atoms. The summed E-state index contributed by atoms with van der Waals surface area (Å²) in [5.41, 5.74) is 8.15. The zero-order chi connectivity index (χ0) is 11.5. The summed E-state index contributed by atoms with van der Waals surface area (Å²) < 4.78 is 0. The molecule has 0 bridgehead atoms. The molecule has 3 heteroatoms. The fraction of sp³-hybridized carbons (Fsp3) is 0.500. The number of hydrogen-bond donors (Lipinski definition) is 1. The molecule has 82 valence electrons. The van der Waals surface area contributed by atoms with Crippen LogP contribution >= 0.6 is 0 Å². The molecule has 1 aromatic rings. The number of aromatic nitrogens is 1. The fourth-order valence-electron chi connectivity index (χ4n) is 1.07. The lowest BCUT2D eigenvalue weighted by Gasteiger charge is -2.17. The Bertz CT molecular complexity index is 361. The van der Waals surface area contributed by atoms with Crippen LogP contribution in [0, 0.1) is 12.3 Å². The summed E-state index contributed by atoms with van der Waals surface area (Å²) in [6.45, 7) is 8.84. The topological polar surface area (TPSA) is 51.3 Å². The van der Waals surface area contributed by atoms with Crippen LogP contribution < -0.4 is 5.73 Å². The van der Waals surface area contributed by atoms with E-state index in [-0.39, 0.29) is 5.41 Å². The number of aryl methyl sites for hydroxylation is 1. The number of aliphatic imine (C=N–C) groups is 1. The molecule has 0 aliphatic rings. The van der Waals surface area contributed by atoms with Gasteiger partial charge in [0, 0.05) is 17.8 Å². The summed E-state index contributed by atoms with van der Waals surface area (Å²) in [6, 6.07) is 1.98. The summed E-state index contributed by atoms with van der Waals surface area (Å²) in [6.07, 6.45) is 3.63. The Labute approximate surface area is 91.4 Å². The van der Waals surface area contributed by atoms with E-state index in [1.165, 1.54) is 5.56 Å². The van der Waals surface area contributed by atoms with Gasteiger partial charge in [0.05, 0.1) is 12.4 Å². The van der Waals surface area contributed by atoms with Crippen LogP contribution in [-0.4, -0.2) is 10.8 Å². The Morgan fingerprint density at radius 3 is 2.67 bits per heavy atom. The summed E-state index contributed by atoms with van der Waals surface area (Å²) >= 11 is 0. The zero-order valence-corrected chi connectivity index (χ0v) is 9.91. The summed E-state index contributed by atoms with van der Waals surface area (Å²) in [7, 11) is 0. The van der Waals surface area contributed by atoms with Gasteiger partial charge in [-0.05, 0) is 24.1 Å². The average Bonchev–Trinajstić information content (AvgIpc) is 2.14. The normalized spacial score (nSPS) is 12.9. The first-order valence-electron chi connectivity index (χ1n) is 5.11. The Morgan fingerprint density at radius 1 is 1.47 bits per heavy atom. The van der Waals surface area contributed by atoms with Gasteiger partial charge in [0.15, 0.2) is 0 Å². The fourth-order valence-corrected chi connectivity index (χ4v) is 1.07. The van der Waals surface area contributed by atoms with Crippen molar-refractivity contribution >= 4 is 5.84 Å². The molecule has 3 nitrogen and oxygen atoms in total. The average molecular weight is 205 g/mol. The summed E-state index contributed by atoms with van der Waals surface area (Å²) in [4.78, 5) is 8.46. The molecule has 0 radical (unpaired) electrons. The molecule has 0 aromatic carbocycles. The van der Waals surface area contributed by atoms with Crippen molar-refractivity contribution in [3.63, 3.8) is 0 Å². The first kappa shape index (κ1) is 11.7. The van der Waals surface area contributed by atoms with Gasteiger partial charge in [-0.25, -0.2) is 0 Å². The third kappa shape index (κ3) is 3.35. The maximum Gasteiger partial charge on any atom is 0.0995 e. The zero-order valence-electron chi connectivity index (χ0n) is 9.91. The maximum atomic E-state index is 5.88. The number of nitrogens with two attached hydrogens (primary N) is 1. The van der Waals surface area contributed by atoms with E-state index in [0.29, 0.717) is 12.4 Å². The molecule has 0 aliphatic carbocycles. The highest BCUT2D eigenvalue weighted by molar-refractivity contribution is 5.85. The van der Waals surface area contributed by atoms with Gasteiger partial charge < -0.3 is 5.73 Å². The SMILES string of the molecule is Cc1ccncc1CN=C(N)C(C)(C)C. The Kier molecular flexibility index (Phi) is 3.45. The van der Waals surface area contributed by atoms with E-state index < -0.39 is 0 Å². The Morgan fingerprint density at radius 2 is 2.13 bits per heavy atom. The van der Waals surface area contributed by atoms with Crippen molar-refractivity contribution < 1.29 is 0 Å². The van der Waals surface area contributed by atoms with Gasteiger partial charge in [-0.1, -0.05) is 20.8 Å². The van der Waals surface area contributed by atoms with E-state index in [0.717, 1.165) is 5.56 Å². The minimum atomic E-state index is -0.0594. The van der Waals surface area contributed by atoms with E-state index in [9.17, 15) is 0 Å². The van der Waals surface area contributed by atoms with E-state index in [1.807, 2.05) is 12.3 Å². The van der Waals surface area contributed by atoms with Crippen molar-refractivity contribution in [2.75, 3.05) is 0 Å². The summed E-state index contributed by atoms with van der Waals surface area (Å²) in [5.74, 6) is 0.686. The van der Waals surface area contributed by atoms with Crippen LogP contribution in [0.4, 0.5) is 0 Å². The number of pyridine rings is 1. The number of nitrogens with zero attached hydrogens (tertiary/aromatic N) is 2. The monoisotopic (exact) mass is 205 g/mol. The van der Waals surface area contributed by atoms with Gasteiger partial charge in [0.2, 0.25) is 0 Å². The van der Waals surface area contributed by atoms with Crippen LogP contribution in [0.2, 0.25) is 0 Å². The highest BCUT2D eigenvalue weighted by atomic mass is 14.9. The molecule has 0 amide bonds. The molecule has 1 rings (SSSR count). The van der Waals surface area contributed by atoms with Gasteiger partial charge in [-0.3, -0.25) is 9.98 Å². The predicted octanol–water partition coefficient (Wildman–Crippen LogP) is 2.29. The van der Waals surface area contributed by atoms with Crippen LogP contribution in [0.15, 0.2) is 23.5 Å². The molecule has 2 N–H and O–H groups in total. The van der Waals surface area contributed by atoms with Crippen molar-refractivity contribution in [1.82, 2.24) is 4.98 Å². The van der Waals surface area contributed by atoms with Gasteiger partial charge in [0.25, 0.3) is 0 Å². The van der Waals surface area contributed by atoms with Crippen LogP contribution in [0.1, 0.15) is 31.9 Å².